The van der Waals surface area contributed by atoms with E-state index in [4.69, 9.17) is 0 Å². The Labute approximate surface area is 174 Å². The molecule has 29 heavy (non-hydrogen) atoms. The Morgan fingerprint density at radius 3 is 2.83 bits per heavy atom. The summed E-state index contributed by atoms with van der Waals surface area (Å²) in [5.74, 6) is -0.967. The summed E-state index contributed by atoms with van der Waals surface area (Å²) in [4.78, 5) is 53.8. The van der Waals surface area contributed by atoms with Crippen molar-refractivity contribution in [1.82, 2.24) is 20.4 Å². The van der Waals surface area contributed by atoms with Crippen molar-refractivity contribution in [3.63, 3.8) is 0 Å². The number of hydrogen-bond donors (Lipinski definition) is 2. The van der Waals surface area contributed by atoms with Crippen molar-refractivity contribution in [3.8, 4) is 0 Å². The highest BCUT2D eigenvalue weighted by Gasteiger charge is 2.55. The van der Waals surface area contributed by atoms with Crippen LogP contribution in [0.5, 0.6) is 0 Å². The van der Waals surface area contributed by atoms with Crippen LogP contribution in [0.1, 0.15) is 44.4 Å². The van der Waals surface area contributed by atoms with Crippen LogP contribution in [0, 0.1) is 5.92 Å². The molecule has 2 N–H and O–H groups in total. The Kier molecular flexibility index (Phi) is 6.56. The highest BCUT2D eigenvalue weighted by molar-refractivity contribution is 7.09. The van der Waals surface area contributed by atoms with Crippen LogP contribution in [-0.4, -0.2) is 58.7 Å². The summed E-state index contributed by atoms with van der Waals surface area (Å²) in [6.45, 7) is 4.02. The van der Waals surface area contributed by atoms with Gasteiger partial charge in [0.2, 0.25) is 11.8 Å². The SMILES string of the molecule is CCN(CC(=O)NCc1cccs1)C(=O)CN1C(=O)N[C@@]2(CCCC[C@@H]2C)C1=O. The van der Waals surface area contributed by atoms with E-state index < -0.39 is 17.5 Å². The number of nitrogens with one attached hydrogen (secondary N) is 2. The summed E-state index contributed by atoms with van der Waals surface area (Å²) < 4.78 is 0. The standard InChI is InChI=1S/C20H28N4O4S/c1-3-23(12-16(25)21-11-15-8-6-10-29-15)17(26)13-24-18(27)20(22-19(24)28)9-5-4-7-14(20)2/h6,8,10,14H,3-5,7,9,11-13H2,1-2H3,(H,21,25)(H,22,28)/t14-,20+/m0/s1. The summed E-state index contributed by atoms with van der Waals surface area (Å²) >= 11 is 1.54. The van der Waals surface area contributed by atoms with Crippen LogP contribution >= 0.6 is 11.3 Å². The minimum atomic E-state index is -0.884. The van der Waals surface area contributed by atoms with Gasteiger partial charge in [-0.25, -0.2) is 4.79 Å². The van der Waals surface area contributed by atoms with E-state index in [1.165, 1.54) is 4.90 Å². The van der Waals surface area contributed by atoms with E-state index in [2.05, 4.69) is 10.6 Å². The maximum absolute atomic E-state index is 13.0. The zero-order chi connectivity index (χ0) is 21.0. The first-order chi connectivity index (χ1) is 13.9. The fourth-order valence-corrected chi connectivity index (χ4v) is 4.72. The van der Waals surface area contributed by atoms with Gasteiger partial charge in [0.1, 0.15) is 12.1 Å². The molecule has 158 valence electrons. The fourth-order valence-electron chi connectivity index (χ4n) is 4.08. The Morgan fingerprint density at radius 1 is 1.38 bits per heavy atom. The number of carbonyl (C=O) groups is 4. The maximum Gasteiger partial charge on any atom is 0.325 e. The lowest BCUT2D eigenvalue weighted by Crippen LogP contribution is -2.54. The van der Waals surface area contributed by atoms with Gasteiger partial charge in [0, 0.05) is 11.4 Å². The van der Waals surface area contributed by atoms with Crippen LogP contribution in [0.2, 0.25) is 0 Å². The topological polar surface area (TPSA) is 98.8 Å². The smallest absolute Gasteiger partial charge is 0.325 e. The normalized spacial score (nSPS) is 23.9. The number of carbonyl (C=O) groups excluding carboxylic acids is 4. The van der Waals surface area contributed by atoms with Gasteiger partial charge in [0.15, 0.2) is 0 Å². The van der Waals surface area contributed by atoms with Crippen LogP contribution in [0.3, 0.4) is 0 Å². The molecular formula is C20H28N4O4S. The van der Waals surface area contributed by atoms with Crippen molar-refractivity contribution < 1.29 is 19.2 Å². The quantitative estimate of drug-likeness (QED) is 0.656. The zero-order valence-corrected chi connectivity index (χ0v) is 17.7. The minimum Gasteiger partial charge on any atom is -0.350 e. The number of likely N-dealkylation sites (N-methyl/N-ethyl adjacent to an activating group) is 1. The van der Waals surface area contributed by atoms with Crippen molar-refractivity contribution in [1.29, 1.82) is 0 Å². The van der Waals surface area contributed by atoms with E-state index in [1.807, 2.05) is 24.4 Å². The number of amides is 5. The van der Waals surface area contributed by atoms with Gasteiger partial charge < -0.3 is 15.5 Å². The second-order valence-electron chi connectivity index (χ2n) is 7.70. The maximum atomic E-state index is 13.0. The molecule has 1 spiro atoms. The van der Waals surface area contributed by atoms with E-state index in [0.717, 1.165) is 29.0 Å². The van der Waals surface area contributed by atoms with Crippen molar-refractivity contribution in [2.75, 3.05) is 19.6 Å². The van der Waals surface area contributed by atoms with Gasteiger partial charge in [0.25, 0.3) is 5.91 Å². The Hall–Kier alpha value is -2.42. The molecule has 1 aromatic rings. The molecular weight excluding hydrogens is 392 g/mol. The highest BCUT2D eigenvalue weighted by Crippen LogP contribution is 2.38. The van der Waals surface area contributed by atoms with Crippen LogP contribution in [-0.2, 0) is 20.9 Å². The van der Waals surface area contributed by atoms with E-state index >= 15 is 0 Å². The summed E-state index contributed by atoms with van der Waals surface area (Å²) in [6, 6.07) is 3.31. The molecule has 9 heteroatoms. The summed E-state index contributed by atoms with van der Waals surface area (Å²) in [6.07, 6.45) is 3.39. The lowest BCUT2D eigenvalue weighted by molar-refractivity contribution is -0.141. The van der Waals surface area contributed by atoms with Crippen LogP contribution in [0.4, 0.5) is 4.79 Å². The third-order valence-electron chi connectivity index (χ3n) is 5.90. The monoisotopic (exact) mass is 420 g/mol. The van der Waals surface area contributed by atoms with Crippen LogP contribution in [0.25, 0.3) is 0 Å². The van der Waals surface area contributed by atoms with E-state index in [1.54, 1.807) is 18.3 Å². The molecule has 0 unspecified atom stereocenters. The Morgan fingerprint density at radius 2 is 2.17 bits per heavy atom. The molecule has 0 aromatic carbocycles. The second-order valence-corrected chi connectivity index (χ2v) is 8.74. The first-order valence-electron chi connectivity index (χ1n) is 10.1. The molecule has 1 aromatic heterocycles. The molecule has 8 nitrogen and oxygen atoms in total. The number of thiophene rings is 1. The average Bonchev–Trinajstić information content (AvgIpc) is 3.30. The van der Waals surface area contributed by atoms with Gasteiger partial charge in [-0.2, -0.15) is 0 Å². The van der Waals surface area contributed by atoms with Crippen molar-refractivity contribution >= 4 is 35.1 Å². The minimum absolute atomic E-state index is 0.0399. The first-order valence-corrected chi connectivity index (χ1v) is 11.0. The molecule has 1 aliphatic heterocycles. The average molecular weight is 421 g/mol. The molecule has 1 saturated carbocycles. The summed E-state index contributed by atoms with van der Waals surface area (Å²) in [7, 11) is 0. The fraction of sp³-hybridized carbons (Fsp3) is 0.600. The molecule has 2 fully saturated rings. The largest absolute Gasteiger partial charge is 0.350 e. The predicted molar refractivity (Wildman–Crippen MR) is 109 cm³/mol. The van der Waals surface area contributed by atoms with Gasteiger partial charge in [-0.05, 0) is 37.1 Å². The Bertz CT molecular complexity index is 781. The van der Waals surface area contributed by atoms with Crippen molar-refractivity contribution in [2.45, 2.75) is 51.6 Å². The molecule has 1 saturated heterocycles. The van der Waals surface area contributed by atoms with Gasteiger partial charge in [-0.1, -0.05) is 25.8 Å². The third-order valence-corrected chi connectivity index (χ3v) is 6.78. The second kappa shape index (κ2) is 8.94. The molecule has 5 amide bonds. The molecule has 2 heterocycles. The predicted octanol–water partition coefficient (Wildman–Crippen LogP) is 1.71. The third kappa shape index (κ3) is 4.44. The molecule has 0 bridgehead atoms. The summed E-state index contributed by atoms with van der Waals surface area (Å²) in [5, 5.41) is 7.56. The lowest BCUT2D eigenvalue weighted by atomic mass is 9.73. The van der Waals surface area contributed by atoms with Gasteiger partial charge in [-0.15, -0.1) is 11.3 Å². The van der Waals surface area contributed by atoms with Gasteiger partial charge >= 0.3 is 6.03 Å². The Balaban J connectivity index is 1.58. The first kappa shape index (κ1) is 21.3. The number of nitrogens with zero attached hydrogens (tertiary/aromatic N) is 2. The molecule has 3 rings (SSSR count). The van der Waals surface area contributed by atoms with Crippen molar-refractivity contribution in [3.05, 3.63) is 22.4 Å². The summed E-state index contributed by atoms with van der Waals surface area (Å²) in [5.41, 5.74) is -0.884. The van der Waals surface area contributed by atoms with E-state index in [-0.39, 0.29) is 30.8 Å². The number of urea groups is 1. The van der Waals surface area contributed by atoms with Crippen LogP contribution < -0.4 is 10.6 Å². The van der Waals surface area contributed by atoms with Gasteiger partial charge in [0.05, 0.1) is 13.1 Å². The highest BCUT2D eigenvalue weighted by atomic mass is 32.1. The number of hydrogen-bond acceptors (Lipinski definition) is 5. The molecule has 0 radical (unpaired) electrons. The molecule has 1 aliphatic carbocycles. The van der Waals surface area contributed by atoms with Crippen LogP contribution in [0.15, 0.2) is 17.5 Å². The number of imide groups is 1. The lowest BCUT2D eigenvalue weighted by Gasteiger charge is -2.36. The number of rotatable bonds is 7. The van der Waals surface area contributed by atoms with Gasteiger partial charge in [-0.3, -0.25) is 19.3 Å². The van der Waals surface area contributed by atoms with E-state index in [0.29, 0.717) is 19.5 Å². The molecule has 2 aliphatic rings. The van der Waals surface area contributed by atoms with Crippen molar-refractivity contribution in [2.24, 2.45) is 5.92 Å². The molecule has 2 atom stereocenters. The van der Waals surface area contributed by atoms with E-state index in [9.17, 15) is 19.2 Å². The zero-order valence-electron chi connectivity index (χ0n) is 16.9.